The van der Waals surface area contributed by atoms with Crippen LogP contribution in [0.2, 0.25) is 0 Å². The van der Waals surface area contributed by atoms with Crippen LogP contribution >= 0.6 is 43.2 Å². The summed E-state index contributed by atoms with van der Waals surface area (Å²) in [6.07, 6.45) is 0. The Balaban J connectivity index is 2.06. The Labute approximate surface area is 132 Å². The van der Waals surface area contributed by atoms with Gasteiger partial charge in [-0.1, -0.05) is 68.3 Å². The largest absolute Gasteiger partial charge is 0.236 e. The van der Waals surface area contributed by atoms with Crippen LogP contribution < -0.4 is 0 Å². The summed E-state index contributed by atoms with van der Waals surface area (Å²) in [6, 6.07) is 16.3. The molecule has 1 heterocycles. The van der Waals surface area contributed by atoms with Crippen LogP contribution in [0.25, 0.3) is 21.8 Å². The summed E-state index contributed by atoms with van der Waals surface area (Å²) >= 11 is 8.80. The van der Waals surface area contributed by atoms with Crippen LogP contribution in [0, 0.1) is 0 Å². The van der Waals surface area contributed by atoms with E-state index < -0.39 is 0 Å². The van der Waals surface area contributed by atoms with Crippen LogP contribution in [-0.4, -0.2) is 4.98 Å². The zero-order valence-electron chi connectivity index (χ0n) is 9.81. The van der Waals surface area contributed by atoms with Gasteiger partial charge in [0.1, 0.15) is 5.01 Å². The van der Waals surface area contributed by atoms with Gasteiger partial charge in [-0.05, 0) is 12.1 Å². The van der Waals surface area contributed by atoms with Gasteiger partial charge in [0.2, 0.25) is 0 Å². The predicted octanol–water partition coefficient (Wildman–Crippen LogP) is 6.00. The summed E-state index contributed by atoms with van der Waals surface area (Å²) in [5, 5.41) is 3.12. The summed E-state index contributed by atoms with van der Waals surface area (Å²) in [6.45, 7) is 0. The van der Waals surface area contributed by atoms with Gasteiger partial charge in [0, 0.05) is 25.5 Å². The molecule has 3 rings (SSSR count). The number of hydrogen-bond acceptors (Lipinski definition) is 2. The standard InChI is InChI=1S/C15H9Br2NS/c16-12-7-3-1-5-10(12)14-9-19-15(18-14)11-6-2-4-8-13(11)17/h1-9H. The lowest BCUT2D eigenvalue weighted by molar-refractivity contribution is 1.39. The SMILES string of the molecule is Brc1ccccc1-c1csc(-c2ccccc2Br)n1. The number of hydrogen-bond donors (Lipinski definition) is 0. The van der Waals surface area contributed by atoms with E-state index in [1.165, 1.54) is 0 Å². The van der Waals surface area contributed by atoms with E-state index in [0.717, 1.165) is 30.8 Å². The van der Waals surface area contributed by atoms with Crippen molar-refractivity contribution in [2.45, 2.75) is 0 Å². The van der Waals surface area contributed by atoms with E-state index in [1.54, 1.807) is 11.3 Å². The highest BCUT2D eigenvalue weighted by molar-refractivity contribution is 9.11. The van der Waals surface area contributed by atoms with Crippen molar-refractivity contribution < 1.29 is 0 Å². The van der Waals surface area contributed by atoms with Gasteiger partial charge in [-0.25, -0.2) is 4.98 Å². The van der Waals surface area contributed by atoms with Gasteiger partial charge in [-0.15, -0.1) is 11.3 Å². The fourth-order valence-electron chi connectivity index (χ4n) is 1.82. The highest BCUT2D eigenvalue weighted by Crippen LogP contribution is 2.35. The Bertz CT molecular complexity index is 661. The zero-order valence-corrected chi connectivity index (χ0v) is 13.8. The molecule has 0 aliphatic carbocycles. The first kappa shape index (κ1) is 13.0. The first-order valence-corrected chi connectivity index (χ1v) is 8.17. The van der Waals surface area contributed by atoms with Gasteiger partial charge >= 0.3 is 0 Å². The van der Waals surface area contributed by atoms with E-state index in [2.05, 4.69) is 49.4 Å². The van der Waals surface area contributed by atoms with Crippen LogP contribution in [0.4, 0.5) is 0 Å². The van der Waals surface area contributed by atoms with Crippen molar-refractivity contribution in [3.63, 3.8) is 0 Å². The van der Waals surface area contributed by atoms with E-state index in [9.17, 15) is 0 Å². The molecule has 0 fully saturated rings. The molecule has 0 atom stereocenters. The number of benzene rings is 2. The molecule has 0 saturated carbocycles. The quantitative estimate of drug-likeness (QED) is 0.519. The Kier molecular flexibility index (Phi) is 3.82. The maximum Gasteiger partial charge on any atom is 0.125 e. The Hall–Kier alpha value is -0.970. The summed E-state index contributed by atoms with van der Waals surface area (Å²) in [7, 11) is 0. The maximum absolute atomic E-state index is 4.73. The molecule has 0 aliphatic rings. The van der Waals surface area contributed by atoms with E-state index in [1.807, 2.05) is 36.4 Å². The lowest BCUT2D eigenvalue weighted by Crippen LogP contribution is -1.81. The number of aromatic nitrogens is 1. The second kappa shape index (κ2) is 5.57. The minimum atomic E-state index is 1.00. The summed E-state index contributed by atoms with van der Waals surface area (Å²) < 4.78 is 2.14. The number of thiazole rings is 1. The Morgan fingerprint density at radius 1 is 0.789 bits per heavy atom. The molecule has 0 amide bonds. The summed E-state index contributed by atoms with van der Waals surface area (Å²) in [5.41, 5.74) is 3.26. The Morgan fingerprint density at radius 3 is 2.00 bits per heavy atom. The lowest BCUT2D eigenvalue weighted by Gasteiger charge is -2.01. The van der Waals surface area contributed by atoms with Gasteiger partial charge in [0.25, 0.3) is 0 Å². The van der Waals surface area contributed by atoms with Crippen LogP contribution in [0.1, 0.15) is 0 Å². The monoisotopic (exact) mass is 393 g/mol. The molecular weight excluding hydrogens is 386 g/mol. The van der Waals surface area contributed by atoms with Crippen molar-refractivity contribution in [2.75, 3.05) is 0 Å². The third-order valence-electron chi connectivity index (χ3n) is 2.76. The van der Waals surface area contributed by atoms with Gasteiger partial charge in [0.15, 0.2) is 0 Å². The molecule has 94 valence electrons. The zero-order chi connectivity index (χ0) is 13.2. The molecule has 1 aromatic heterocycles. The molecule has 0 bridgehead atoms. The second-order valence-corrected chi connectivity index (χ2v) is 6.56. The van der Waals surface area contributed by atoms with E-state index >= 15 is 0 Å². The lowest BCUT2D eigenvalue weighted by atomic mass is 10.2. The highest BCUT2D eigenvalue weighted by Gasteiger charge is 2.10. The van der Waals surface area contributed by atoms with Gasteiger partial charge < -0.3 is 0 Å². The number of halogens is 2. The first-order valence-electron chi connectivity index (χ1n) is 5.71. The molecule has 2 aromatic carbocycles. The normalized spacial score (nSPS) is 10.6. The number of nitrogens with zero attached hydrogens (tertiary/aromatic N) is 1. The molecular formula is C15H9Br2NS. The molecule has 3 aromatic rings. The minimum Gasteiger partial charge on any atom is -0.236 e. The average molecular weight is 395 g/mol. The molecule has 0 saturated heterocycles. The second-order valence-electron chi connectivity index (χ2n) is 4.00. The van der Waals surface area contributed by atoms with Crippen molar-refractivity contribution in [1.29, 1.82) is 0 Å². The fraction of sp³-hybridized carbons (Fsp3) is 0. The van der Waals surface area contributed by atoms with E-state index in [4.69, 9.17) is 4.98 Å². The van der Waals surface area contributed by atoms with Crippen molar-refractivity contribution in [1.82, 2.24) is 4.98 Å². The first-order chi connectivity index (χ1) is 9.25. The van der Waals surface area contributed by atoms with Crippen molar-refractivity contribution in [3.8, 4) is 21.8 Å². The molecule has 4 heteroatoms. The van der Waals surface area contributed by atoms with Gasteiger partial charge in [0.05, 0.1) is 5.69 Å². The average Bonchev–Trinajstić information content (AvgIpc) is 2.89. The van der Waals surface area contributed by atoms with E-state index in [0.29, 0.717) is 0 Å². The molecule has 0 aliphatic heterocycles. The smallest absolute Gasteiger partial charge is 0.125 e. The predicted molar refractivity (Wildman–Crippen MR) is 88.4 cm³/mol. The Morgan fingerprint density at radius 2 is 1.37 bits per heavy atom. The molecule has 0 radical (unpaired) electrons. The molecule has 0 N–H and O–H groups in total. The van der Waals surface area contributed by atoms with Crippen LogP contribution in [0.3, 0.4) is 0 Å². The maximum atomic E-state index is 4.73. The molecule has 1 nitrogen and oxygen atoms in total. The third kappa shape index (κ3) is 2.66. The fourth-order valence-corrected chi connectivity index (χ4v) is 3.78. The van der Waals surface area contributed by atoms with Crippen LogP contribution in [-0.2, 0) is 0 Å². The highest BCUT2D eigenvalue weighted by atomic mass is 79.9. The molecule has 0 spiro atoms. The van der Waals surface area contributed by atoms with Crippen molar-refractivity contribution >= 4 is 43.2 Å². The van der Waals surface area contributed by atoms with E-state index in [-0.39, 0.29) is 0 Å². The van der Waals surface area contributed by atoms with Crippen LogP contribution in [0.5, 0.6) is 0 Å². The summed E-state index contributed by atoms with van der Waals surface area (Å²) in [4.78, 5) is 4.73. The van der Waals surface area contributed by atoms with Crippen molar-refractivity contribution in [3.05, 3.63) is 62.9 Å². The molecule has 19 heavy (non-hydrogen) atoms. The van der Waals surface area contributed by atoms with Crippen LogP contribution in [0.15, 0.2) is 62.9 Å². The number of rotatable bonds is 2. The minimum absolute atomic E-state index is 1.00. The topological polar surface area (TPSA) is 12.9 Å². The third-order valence-corrected chi connectivity index (χ3v) is 5.02. The molecule has 0 unspecified atom stereocenters. The van der Waals surface area contributed by atoms with Gasteiger partial charge in [-0.3, -0.25) is 0 Å². The van der Waals surface area contributed by atoms with Gasteiger partial charge in [-0.2, -0.15) is 0 Å². The van der Waals surface area contributed by atoms with Crippen molar-refractivity contribution in [2.24, 2.45) is 0 Å². The summed E-state index contributed by atoms with van der Waals surface area (Å²) in [5.74, 6) is 0.